The smallest absolute Gasteiger partial charge is 0.418 e. The summed E-state index contributed by atoms with van der Waals surface area (Å²) >= 11 is 0. The average Bonchev–Trinajstić information content (AvgIpc) is 3.13. The number of pyridine rings is 2. The van der Waals surface area contributed by atoms with Crippen molar-refractivity contribution in [2.75, 3.05) is 6.86 Å². The lowest BCUT2D eigenvalue weighted by molar-refractivity contribution is 0.0941. The summed E-state index contributed by atoms with van der Waals surface area (Å²) in [5.41, 5.74) is 0.180. The van der Waals surface area contributed by atoms with E-state index < -0.39 is 36.2 Å². The minimum Gasteiger partial charge on any atom is -0.460 e. The van der Waals surface area contributed by atoms with Crippen LogP contribution in [0.1, 0.15) is 27.7 Å². The van der Waals surface area contributed by atoms with Gasteiger partial charge in [-0.1, -0.05) is 6.07 Å². The number of aromatic nitrogens is 3. The number of ether oxygens (including phenoxy) is 1. The summed E-state index contributed by atoms with van der Waals surface area (Å²) in [4.78, 5) is 34.3. The van der Waals surface area contributed by atoms with Gasteiger partial charge in [-0.3, -0.25) is 14.8 Å². The van der Waals surface area contributed by atoms with Crippen LogP contribution in [0.15, 0.2) is 58.0 Å². The summed E-state index contributed by atoms with van der Waals surface area (Å²) in [6.45, 7) is -1.23. The Morgan fingerprint density at radius 1 is 1.19 bits per heavy atom. The summed E-state index contributed by atoms with van der Waals surface area (Å²) < 4.78 is 50.5. The lowest BCUT2D eigenvalue weighted by atomic mass is 10.0. The van der Waals surface area contributed by atoms with Crippen LogP contribution in [0.2, 0.25) is 0 Å². The van der Waals surface area contributed by atoms with E-state index in [1.54, 1.807) is 0 Å². The van der Waals surface area contributed by atoms with Crippen LogP contribution in [-0.4, -0.2) is 27.7 Å². The number of hydrogen-bond donors (Lipinski definition) is 2. The van der Waals surface area contributed by atoms with Crippen LogP contribution >= 0.6 is 0 Å². The lowest BCUT2D eigenvalue weighted by Crippen LogP contribution is -2.30. The zero-order chi connectivity index (χ0) is 22.0. The number of benzene rings is 1. The van der Waals surface area contributed by atoms with Crippen LogP contribution in [-0.2, 0) is 0 Å². The van der Waals surface area contributed by atoms with Gasteiger partial charge in [-0.2, -0.15) is 0 Å². The highest BCUT2D eigenvalue weighted by Gasteiger charge is 2.24. The third-order valence-corrected chi connectivity index (χ3v) is 4.37. The molecular weight excluding hydrogens is 417 g/mol. The van der Waals surface area contributed by atoms with Gasteiger partial charge in [0.05, 0.1) is 11.6 Å². The fourth-order valence-electron chi connectivity index (χ4n) is 2.97. The molecule has 1 atom stereocenters. The van der Waals surface area contributed by atoms with Crippen LogP contribution in [0.5, 0.6) is 5.75 Å². The Morgan fingerprint density at radius 3 is 2.77 bits per heavy atom. The van der Waals surface area contributed by atoms with Crippen LogP contribution in [0, 0.1) is 11.6 Å². The molecule has 1 amide bonds. The number of halogens is 3. The molecule has 0 saturated carbocycles. The van der Waals surface area contributed by atoms with E-state index in [1.165, 1.54) is 30.6 Å². The zero-order valence-electron chi connectivity index (χ0n) is 15.6. The Morgan fingerprint density at radius 2 is 2.03 bits per heavy atom. The van der Waals surface area contributed by atoms with E-state index >= 15 is 0 Å². The van der Waals surface area contributed by atoms with Gasteiger partial charge >= 0.3 is 5.76 Å². The summed E-state index contributed by atoms with van der Waals surface area (Å²) in [6, 6.07) is 6.07. The number of nitrogens with one attached hydrogen (secondary N) is 2. The highest BCUT2D eigenvalue weighted by Crippen LogP contribution is 2.27. The minimum absolute atomic E-state index is 0.00874. The molecule has 1 aromatic carbocycles. The molecule has 3 aromatic heterocycles. The van der Waals surface area contributed by atoms with Crippen LogP contribution < -0.4 is 15.8 Å². The van der Waals surface area contributed by atoms with Crippen molar-refractivity contribution in [3.8, 4) is 5.75 Å². The maximum Gasteiger partial charge on any atom is 0.418 e. The van der Waals surface area contributed by atoms with Crippen molar-refractivity contribution < 1.29 is 27.1 Å². The van der Waals surface area contributed by atoms with Crippen molar-refractivity contribution in [2.45, 2.75) is 6.04 Å². The molecule has 3 heterocycles. The van der Waals surface area contributed by atoms with Crippen molar-refractivity contribution >= 4 is 17.1 Å². The van der Waals surface area contributed by atoms with E-state index in [-0.39, 0.29) is 33.8 Å². The maximum absolute atomic E-state index is 14.4. The summed E-state index contributed by atoms with van der Waals surface area (Å²) in [5, 5.41) is 2.56. The fraction of sp³-hybridized carbons (Fsp3) is 0.100. The Kier molecular flexibility index (Phi) is 5.39. The topological polar surface area (TPSA) is 110 Å². The first-order valence-corrected chi connectivity index (χ1v) is 8.84. The first-order chi connectivity index (χ1) is 15.0. The molecule has 8 nitrogen and oxygen atoms in total. The summed E-state index contributed by atoms with van der Waals surface area (Å²) in [6.07, 6.45) is 2.50. The highest BCUT2D eigenvalue weighted by atomic mass is 19.1. The van der Waals surface area contributed by atoms with E-state index in [2.05, 4.69) is 25.0 Å². The van der Waals surface area contributed by atoms with Crippen molar-refractivity contribution in [1.29, 1.82) is 0 Å². The molecule has 0 bridgehead atoms. The number of amides is 1. The van der Waals surface area contributed by atoms with E-state index in [1.807, 2.05) is 0 Å². The number of aromatic amines is 1. The summed E-state index contributed by atoms with van der Waals surface area (Å²) in [7, 11) is 0. The van der Waals surface area contributed by atoms with Gasteiger partial charge in [0.2, 0.25) is 6.86 Å². The maximum atomic E-state index is 14.4. The Balaban J connectivity index is 1.72. The SMILES string of the molecule is O=C(N[C@@H](c1ccc(OCF)c(F)c1)c1ncccc1F)c1cnc2[nH]c(=O)oc2c1. The molecule has 158 valence electrons. The number of rotatable bonds is 6. The van der Waals surface area contributed by atoms with Crippen LogP contribution in [0.25, 0.3) is 11.2 Å². The van der Waals surface area contributed by atoms with E-state index in [9.17, 15) is 22.8 Å². The van der Waals surface area contributed by atoms with Crippen molar-refractivity contribution in [3.63, 3.8) is 0 Å². The molecule has 0 aliphatic rings. The number of fused-ring (bicyclic) bond motifs is 1. The van der Waals surface area contributed by atoms with Crippen molar-refractivity contribution in [3.05, 3.63) is 87.8 Å². The number of hydrogen-bond acceptors (Lipinski definition) is 6. The Bertz CT molecular complexity index is 1320. The van der Waals surface area contributed by atoms with Gasteiger partial charge in [-0.25, -0.2) is 22.9 Å². The Hall–Kier alpha value is -4.15. The first kappa shape index (κ1) is 20.1. The predicted molar refractivity (Wildman–Crippen MR) is 101 cm³/mol. The molecule has 0 radical (unpaired) electrons. The van der Waals surface area contributed by atoms with Gasteiger partial charge in [0, 0.05) is 12.4 Å². The molecule has 0 aliphatic carbocycles. The molecular formula is C20H13F3N4O4. The molecule has 0 aliphatic heterocycles. The molecule has 0 unspecified atom stereocenters. The summed E-state index contributed by atoms with van der Waals surface area (Å²) in [5.74, 6) is -3.42. The zero-order valence-corrected chi connectivity index (χ0v) is 15.6. The van der Waals surface area contributed by atoms with Gasteiger partial charge in [0.15, 0.2) is 22.8 Å². The molecule has 0 fully saturated rings. The van der Waals surface area contributed by atoms with Gasteiger partial charge in [-0.15, -0.1) is 0 Å². The normalized spacial score (nSPS) is 12.0. The molecule has 0 spiro atoms. The third-order valence-electron chi connectivity index (χ3n) is 4.37. The number of nitrogens with zero attached hydrogens (tertiary/aromatic N) is 2. The lowest BCUT2D eigenvalue weighted by Gasteiger charge is -2.20. The van der Waals surface area contributed by atoms with Gasteiger partial charge in [-0.05, 0) is 35.9 Å². The molecule has 4 aromatic rings. The van der Waals surface area contributed by atoms with Gasteiger partial charge in [0.1, 0.15) is 11.5 Å². The third kappa shape index (κ3) is 4.10. The molecule has 11 heteroatoms. The number of alkyl halides is 1. The first-order valence-electron chi connectivity index (χ1n) is 8.84. The molecule has 4 rings (SSSR count). The molecule has 0 saturated heterocycles. The average molecular weight is 430 g/mol. The number of oxazole rings is 1. The second-order valence-electron chi connectivity index (χ2n) is 6.31. The van der Waals surface area contributed by atoms with Gasteiger partial charge in [0.25, 0.3) is 5.91 Å². The fourth-order valence-corrected chi connectivity index (χ4v) is 2.97. The predicted octanol–water partition coefficient (Wildman–Crippen LogP) is 3.01. The van der Waals surface area contributed by atoms with E-state index in [0.717, 1.165) is 18.2 Å². The van der Waals surface area contributed by atoms with Gasteiger partial charge < -0.3 is 14.5 Å². The number of carbonyl (C=O) groups excluding carboxylic acids is 1. The standard InChI is InChI=1S/C20H13F3N4O4/c21-9-30-14-4-3-10(6-13(14)23)16(17-12(22)2-1-5-24-17)26-19(28)11-7-15-18(25-8-11)27-20(29)31-15/h1-8,16H,9H2,(H,26,28)(H,25,27,29)/t16-/m0/s1. The van der Waals surface area contributed by atoms with Crippen LogP contribution in [0.4, 0.5) is 13.2 Å². The van der Waals surface area contributed by atoms with Crippen molar-refractivity contribution in [2.24, 2.45) is 0 Å². The molecule has 31 heavy (non-hydrogen) atoms. The second kappa shape index (κ2) is 8.30. The highest BCUT2D eigenvalue weighted by molar-refractivity contribution is 5.96. The quantitative estimate of drug-likeness (QED) is 0.487. The van der Waals surface area contributed by atoms with E-state index in [0.29, 0.717) is 0 Å². The number of H-pyrrole nitrogens is 1. The number of carbonyl (C=O) groups is 1. The van der Waals surface area contributed by atoms with Crippen molar-refractivity contribution in [1.82, 2.24) is 20.3 Å². The van der Waals surface area contributed by atoms with Crippen LogP contribution in [0.3, 0.4) is 0 Å². The van der Waals surface area contributed by atoms with E-state index in [4.69, 9.17) is 4.42 Å². The monoisotopic (exact) mass is 430 g/mol. The second-order valence-corrected chi connectivity index (χ2v) is 6.31. The Labute approximate surface area is 171 Å². The minimum atomic E-state index is -1.23. The largest absolute Gasteiger partial charge is 0.460 e. The molecule has 2 N–H and O–H groups in total.